The SMILES string of the molecule is COC(=O)[C@@H](C)N1C(=O)S/C(=C/c2ccc3c(c2)C(C)=CC(C)(C)N3C(C)C)C1=O. The molecule has 0 saturated carbocycles. The Balaban J connectivity index is 1.97. The van der Waals surface area contributed by atoms with Crippen LogP contribution in [0.15, 0.2) is 29.2 Å². The van der Waals surface area contributed by atoms with E-state index in [0.717, 1.165) is 33.5 Å². The maximum atomic E-state index is 12.8. The van der Waals surface area contributed by atoms with Gasteiger partial charge in [0.2, 0.25) is 0 Å². The summed E-state index contributed by atoms with van der Waals surface area (Å²) in [5.74, 6) is -1.10. The zero-order valence-electron chi connectivity index (χ0n) is 18.5. The summed E-state index contributed by atoms with van der Waals surface area (Å²) in [5.41, 5.74) is 4.17. The zero-order chi connectivity index (χ0) is 22.4. The Kier molecular flexibility index (Phi) is 5.87. The van der Waals surface area contributed by atoms with Gasteiger partial charge < -0.3 is 9.64 Å². The standard InChI is InChI=1S/C23H28N2O4S/c1-13(2)25-18-9-8-16(10-17(18)14(3)12-23(25,5)6)11-19-20(26)24(22(28)30-19)15(4)21(27)29-7/h8-13,15H,1-7H3/b19-11+/t15-/m1/s1. The third kappa shape index (κ3) is 3.78. The molecule has 0 N–H and O–H groups in total. The molecule has 2 aliphatic heterocycles. The first-order valence-electron chi connectivity index (χ1n) is 9.96. The summed E-state index contributed by atoms with van der Waals surface area (Å²) in [6, 6.07) is 5.44. The van der Waals surface area contributed by atoms with E-state index in [1.165, 1.54) is 19.6 Å². The number of methoxy groups -OCH3 is 1. The predicted molar refractivity (Wildman–Crippen MR) is 121 cm³/mol. The first-order chi connectivity index (χ1) is 14.0. The van der Waals surface area contributed by atoms with Gasteiger partial charge in [-0.15, -0.1) is 0 Å². The molecule has 7 heteroatoms. The van der Waals surface area contributed by atoms with Gasteiger partial charge in [-0.05, 0) is 82.6 Å². The smallest absolute Gasteiger partial charge is 0.328 e. The van der Waals surface area contributed by atoms with Crippen LogP contribution in [0.25, 0.3) is 11.6 Å². The number of ether oxygens (including phenoxy) is 1. The molecule has 1 aromatic carbocycles. The van der Waals surface area contributed by atoms with Gasteiger partial charge in [-0.1, -0.05) is 12.1 Å². The molecule has 0 spiro atoms. The average molecular weight is 429 g/mol. The number of benzene rings is 1. The summed E-state index contributed by atoms with van der Waals surface area (Å²) in [5, 5.41) is -0.467. The number of thioether (sulfide) groups is 1. The molecular formula is C23H28N2O4S. The van der Waals surface area contributed by atoms with Gasteiger partial charge in [0.1, 0.15) is 6.04 Å². The van der Waals surface area contributed by atoms with Crippen LogP contribution < -0.4 is 4.90 Å². The number of carbonyl (C=O) groups excluding carboxylic acids is 3. The summed E-state index contributed by atoms with van der Waals surface area (Å²) in [6.07, 6.45) is 3.97. The molecule has 2 amide bonds. The van der Waals surface area contributed by atoms with Crippen LogP contribution in [0.2, 0.25) is 0 Å². The minimum absolute atomic E-state index is 0.0978. The Bertz CT molecular complexity index is 977. The fourth-order valence-electron chi connectivity index (χ4n) is 4.34. The quantitative estimate of drug-likeness (QED) is 0.512. The largest absolute Gasteiger partial charge is 0.467 e. The van der Waals surface area contributed by atoms with E-state index in [2.05, 4.69) is 56.4 Å². The predicted octanol–water partition coefficient (Wildman–Crippen LogP) is 4.69. The Hall–Kier alpha value is -2.54. The normalized spacial score (nSPS) is 20.5. The average Bonchev–Trinajstić information content (AvgIpc) is 2.93. The number of hydrogen-bond acceptors (Lipinski definition) is 6. The lowest BCUT2D eigenvalue weighted by molar-refractivity contribution is -0.148. The van der Waals surface area contributed by atoms with Crippen molar-refractivity contribution < 1.29 is 19.1 Å². The first-order valence-corrected chi connectivity index (χ1v) is 10.8. The fraction of sp³-hybridized carbons (Fsp3) is 0.435. The molecule has 6 nitrogen and oxygen atoms in total. The van der Waals surface area contributed by atoms with Gasteiger partial charge in [-0.2, -0.15) is 0 Å². The second-order valence-electron chi connectivity index (χ2n) is 8.47. The van der Waals surface area contributed by atoms with Gasteiger partial charge in [0, 0.05) is 17.3 Å². The van der Waals surface area contributed by atoms with E-state index in [9.17, 15) is 14.4 Å². The van der Waals surface area contributed by atoms with Crippen LogP contribution in [-0.4, -0.2) is 46.7 Å². The molecule has 30 heavy (non-hydrogen) atoms. The summed E-state index contributed by atoms with van der Waals surface area (Å²) in [4.78, 5) is 40.5. The minimum atomic E-state index is -0.955. The van der Waals surface area contributed by atoms with Crippen molar-refractivity contribution in [2.24, 2.45) is 0 Å². The Labute approximate surface area is 181 Å². The summed E-state index contributed by atoms with van der Waals surface area (Å²) in [7, 11) is 1.23. The van der Waals surface area contributed by atoms with E-state index in [-0.39, 0.29) is 5.54 Å². The van der Waals surface area contributed by atoms with E-state index in [1.54, 1.807) is 6.08 Å². The van der Waals surface area contributed by atoms with E-state index in [1.807, 2.05) is 12.1 Å². The first kappa shape index (κ1) is 22.2. The molecule has 0 bridgehead atoms. The summed E-state index contributed by atoms with van der Waals surface area (Å²) in [6.45, 7) is 12.3. The van der Waals surface area contributed by atoms with Crippen LogP contribution >= 0.6 is 11.8 Å². The number of rotatable bonds is 4. The van der Waals surface area contributed by atoms with Gasteiger partial charge in [0.25, 0.3) is 11.1 Å². The third-order valence-corrected chi connectivity index (χ3v) is 6.35. The lowest BCUT2D eigenvalue weighted by Crippen LogP contribution is -2.49. The number of hydrogen-bond donors (Lipinski definition) is 0. The molecule has 1 fully saturated rings. The van der Waals surface area contributed by atoms with Gasteiger partial charge >= 0.3 is 5.97 Å². The number of esters is 1. The molecule has 0 aromatic heterocycles. The number of amides is 2. The highest BCUT2D eigenvalue weighted by Crippen LogP contribution is 2.41. The van der Waals surface area contributed by atoms with Crippen LogP contribution in [0.3, 0.4) is 0 Å². The van der Waals surface area contributed by atoms with Crippen molar-refractivity contribution in [3.63, 3.8) is 0 Å². The summed E-state index contributed by atoms with van der Waals surface area (Å²) >= 11 is 0.842. The van der Waals surface area contributed by atoms with Crippen molar-refractivity contribution in [3.05, 3.63) is 40.3 Å². The van der Waals surface area contributed by atoms with Gasteiger partial charge in [0.15, 0.2) is 0 Å². The second-order valence-corrected chi connectivity index (χ2v) is 9.47. The Morgan fingerprint density at radius 2 is 1.87 bits per heavy atom. The van der Waals surface area contributed by atoms with Gasteiger partial charge in [0.05, 0.1) is 17.6 Å². The maximum absolute atomic E-state index is 12.8. The summed E-state index contributed by atoms with van der Waals surface area (Å²) < 4.78 is 4.67. The number of carbonyl (C=O) groups is 3. The van der Waals surface area contributed by atoms with Crippen LogP contribution in [0.4, 0.5) is 10.5 Å². The number of allylic oxidation sites excluding steroid dienone is 1. The van der Waals surface area contributed by atoms with Gasteiger partial charge in [-0.3, -0.25) is 14.5 Å². The number of nitrogens with zero attached hydrogens (tertiary/aromatic N) is 2. The van der Waals surface area contributed by atoms with E-state index < -0.39 is 23.2 Å². The van der Waals surface area contributed by atoms with Crippen molar-refractivity contribution in [1.29, 1.82) is 0 Å². The number of fused-ring (bicyclic) bond motifs is 1. The van der Waals surface area contributed by atoms with Crippen molar-refractivity contribution in [2.75, 3.05) is 12.0 Å². The number of imide groups is 1. The van der Waals surface area contributed by atoms with Crippen molar-refractivity contribution in [3.8, 4) is 0 Å². The highest BCUT2D eigenvalue weighted by molar-refractivity contribution is 8.18. The third-order valence-electron chi connectivity index (χ3n) is 5.46. The maximum Gasteiger partial charge on any atom is 0.328 e. The van der Waals surface area contributed by atoms with Crippen LogP contribution in [0.1, 0.15) is 52.7 Å². The van der Waals surface area contributed by atoms with Crippen molar-refractivity contribution >= 4 is 46.2 Å². The molecule has 1 aromatic rings. The van der Waals surface area contributed by atoms with Crippen LogP contribution in [0, 0.1) is 0 Å². The van der Waals surface area contributed by atoms with Gasteiger partial charge in [-0.25, -0.2) is 4.79 Å². The Morgan fingerprint density at radius 3 is 2.47 bits per heavy atom. The Morgan fingerprint density at radius 1 is 1.20 bits per heavy atom. The lowest BCUT2D eigenvalue weighted by Gasteiger charge is -2.46. The minimum Gasteiger partial charge on any atom is -0.467 e. The van der Waals surface area contributed by atoms with E-state index >= 15 is 0 Å². The molecule has 2 aliphatic rings. The van der Waals surface area contributed by atoms with E-state index in [0.29, 0.717) is 10.9 Å². The van der Waals surface area contributed by atoms with Crippen LogP contribution in [-0.2, 0) is 14.3 Å². The van der Waals surface area contributed by atoms with Crippen LogP contribution in [0.5, 0.6) is 0 Å². The second kappa shape index (κ2) is 7.95. The molecule has 3 rings (SSSR count). The van der Waals surface area contributed by atoms with Crippen molar-refractivity contribution in [1.82, 2.24) is 4.90 Å². The monoisotopic (exact) mass is 428 g/mol. The highest BCUT2D eigenvalue weighted by atomic mass is 32.2. The lowest BCUT2D eigenvalue weighted by atomic mass is 9.87. The molecule has 160 valence electrons. The molecule has 1 saturated heterocycles. The topological polar surface area (TPSA) is 66.9 Å². The number of anilines is 1. The molecular weight excluding hydrogens is 400 g/mol. The molecule has 0 radical (unpaired) electrons. The molecule has 2 heterocycles. The van der Waals surface area contributed by atoms with Crippen molar-refractivity contribution in [2.45, 2.75) is 59.2 Å². The zero-order valence-corrected chi connectivity index (χ0v) is 19.3. The fourth-order valence-corrected chi connectivity index (χ4v) is 5.25. The van der Waals surface area contributed by atoms with E-state index in [4.69, 9.17) is 0 Å². The highest BCUT2D eigenvalue weighted by Gasteiger charge is 2.41. The molecule has 1 atom stereocenters. The molecule has 0 aliphatic carbocycles. The molecule has 0 unspecified atom stereocenters.